The molecule has 0 unspecified atom stereocenters. The highest BCUT2D eigenvalue weighted by atomic mass is 35.5. The van der Waals surface area contributed by atoms with Gasteiger partial charge >= 0.3 is 5.97 Å². The molecule has 0 bridgehead atoms. The Balaban J connectivity index is 2.82. The molecule has 1 rings (SSSR count). The number of carbonyl (C=O) groups is 1. The molecule has 0 aliphatic rings. The largest absolute Gasteiger partial charge is 0.481 e. The van der Waals surface area contributed by atoms with E-state index >= 15 is 0 Å². The molecule has 0 aromatic heterocycles. The molecule has 0 saturated carbocycles. The van der Waals surface area contributed by atoms with Crippen LogP contribution in [0, 0.1) is 12.8 Å². The maximum atomic E-state index is 10.7. The third kappa shape index (κ3) is 2.74. The minimum Gasteiger partial charge on any atom is -0.481 e. The fraction of sp³-hybridized carbons (Fsp3) is 0.364. The summed E-state index contributed by atoms with van der Waals surface area (Å²) in [5.41, 5.74) is 2.09. The van der Waals surface area contributed by atoms with Gasteiger partial charge < -0.3 is 5.11 Å². The third-order valence-electron chi connectivity index (χ3n) is 2.25. The molecule has 0 amide bonds. The van der Waals surface area contributed by atoms with Crippen molar-refractivity contribution in [2.45, 2.75) is 20.3 Å². The molecule has 14 heavy (non-hydrogen) atoms. The second-order valence-electron chi connectivity index (χ2n) is 3.51. The van der Waals surface area contributed by atoms with E-state index in [4.69, 9.17) is 16.7 Å². The molecule has 0 aliphatic heterocycles. The first-order chi connectivity index (χ1) is 6.50. The third-order valence-corrected chi connectivity index (χ3v) is 2.49. The SMILES string of the molecule is Cc1cc(Cl)ccc1C[C@@H](C)C(=O)O. The van der Waals surface area contributed by atoms with E-state index in [1.807, 2.05) is 19.1 Å². The first-order valence-corrected chi connectivity index (χ1v) is 4.86. The number of hydrogen-bond acceptors (Lipinski definition) is 1. The Kier molecular flexibility index (Phi) is 3.53. The molecule has 0 radical (unpaired) electrons. The second kappa shape index (κ2) is 4.47. The van der Waals surface area contributed by atoms with Gasteiger partial charge in [-0.2, -0.15) is 0 Å². The first-order valence-electron chi connectivity index (χ1n) is 4.48. The molecule has 0 spiro atoms. The van der Waals surface area contributed by atoms with Crippen LogP contribution in [0.1, 0.15) is 18.1 Å². The number of carboxylic acid groups (broad SMARTS) is 1. The maximum Gasteiger partial charge on any atom is 0.306 e. The number of aliphatic carboxylic acids is 1. The zero-order chi connectivity index (χ0) is 10.7. The van der Waals surface area contributed by atoms with Crippen molar-refractivity contribution >= 4 is 17.6 Å². The molecular weight excluding hydrogens is 200 g/mol. The highest BCUT2D eigenvalue weighted by molar-refractivity contribution is 6.30. The lowest BCUT2D eigenvalue weighted by molar-refractivity contribution is -0.141. The summed E-state index contributed by atoms with van der Waals surface area (Å²) in [6.45, 7) is 3.65. The highest BCUT2D eigenvalue weighted by Gasteiger charge is 2.12. The molecule has 1 N–H and O–H groups in total. The van der Waals surface area contributed by atoms with Crippen LogP contribution in [0.25, 0.3) is 0 Å². The lowest BCUT2D eigenvalue weighted by atomic mass is 9.98. The van der Waals surface area contributed by atoms with Gasteiger partial charge in [0.15, 0.2) is 0 Å². The van der Waals surface area contributed by atoms with Crippen LogP contribution >= 0.6 is 11.6 Å². The zero-order valence-corrected chi connectivity index (χ0v) is 9.01. The number of carboxylic acids is 1. The van der Waals surface area contributed by atoms with E-state index in [1.54, 1.807) is 13.0 Å². The Morgan fingerprint density at radius 2 is 2.21 bits per heavy atom. The molecule has 76 valence electrons. The summed E-state index contributed by atoms with van der Waals surface area (Å²) < 4.78 is 0. The van der Waals surface area contributed by atoms with Gasteiger partial charge in [-0.3, -0.25) is 4.79 Å². The number of benzene rings is 1. The average molecular weight is 213 g/mol. The Labute approximate surface area is 88.5 Å². The van der Waals surface area contributed by atoms with Crippen molar-refractivity contribution in [3.05, 3.63) is 34.3 Å². The van der Waals surface area contributed by atoms with Crippen LogP contribution < -0.4 is 0 Å². The minimum atomic E-state index is -0.764. The maximum absolute atomic E-state index is 10.7. The monoisotopic (exact) mass is 212 g/mol. The van der Waals surface area contributed by atoms with Gasteiger partial charge in [-0.1, -0.05) is 24.6 Å². The second-order valence-corrected chi connectivity index (χ2v) is 3.95. The summed E-state index contributed by atoms with van der Waals surface area (Å²) >= 11 is 5.80. The van der Waals surface area contributed by atoms with Crippen LogP contribution in [-0.2, 0) is 11.2 Å². The summed E-state index contributed by atoms with van der Waals surface area (Å²) in [5, 5.41) is 9.45. The topological polar surface area (TPSA) is 37.3 Å². The van der Waals surface area contributed by atoms with Crippen LogP contribution in [-0.4, -0.2) is 11.1 Å². The normalized spacial score (nSPS) is 12.5. The average Bonchev–Trinajstić information content (AvgIpc) is 2.09. The molecule has 2 nitrogen and oxygen atoms in total. The Hall–Kier alpha value is -1.02. The van der Waals surface area contributed by atoms with Gasteiger partial charge in [0, 0.05) is 5.02 Å². The highest BCUT2D eigenvalue weighted by Crippen LogP contribution is 2.18. The van der Waals surface area contributed by atoms with Gasteiger partial charge in [-0.25, -0.2) is 0 Å². The van der Waals surface area contributed by atoms with Gasteiger partial charge in [0.25, 0.3) is 0 Å². The predicted molar refractivity (Wildman–Crippen MR) is 56.7 cm³/mol. The molecule has 1 atom stereocenters. The van der Waals surface area contributed by atoms with Crippen LogP contribution in [0.5, 0.6) is 0 Å². The molecule has 0 aliphatic carbocycles. The smallest absolute Gasteiger partial charge is 0.306 e. The zero-order valence-electron chi connectivity index (χ0n) is 8.25. The van der Waals surface area contributed by atoms with Crippen molar-refractivity contribution in [3.63, 3.8) is 0 Å². The van der Waals surface area contributed by atoms with Crippen molar-refractivity contribution in [1.29, 1.82) is 0 Å². The summed E-state index contributed by atoms with van der Waals surface area (Å²) in [7, 11) is 0. The fourth-order valence-electron chi connectivity index (χ4n) is 1.31. The van der Waals surface area contributed by atoms with Gasteiger partial charge in [-0.15, -0.1) is 0 Å². The minimum absolute atomic E-state index is 0.352. The van der Waals surface area contributed by atoms with Gasteiger partial charge in [0.05, 0.1) is 5.92 Å². The number of aryl methyl sites for hydroxylation is 1. The summed E-state index contributed by atoms with van der Waals surface area (Å²) in [6.07, 6.45) is 0.554. The molecule has 0 fully saturated rings. The van der Waals surface area contributed by atoms with E-state index in [9.17, 15) is 4.79 Å². The first kappa shape index (κ1) is 11.1. The van der Waals surface area contributed by atoms with E-state index in [1.165, 1.54) is 0 Å². The van der Waals surface area contributed by atoms with Crippen LogP contribution in [0.15, 0.2) is 18.2 Å². The van der Waals surface area contributed by atoms with Crippen molar-refractivity contribution in [1.82, 2.24) is 0 Å². The molecular formula is C11H13ClO2. The number of rotatable bonds is 3. The van der Waals surface area contributed by atoms with Gasteiger partial charge in [0.2, 0.25) is 0 Å². The van der Waals surface area contributed by atoms with Crippen molar-refractivity contribution in [3.8, 4) is 0 Å². The van der Waals surface area contributed by atoms with Crippen LogP contribution in [0.4, 0.5) is 0 Å². The van der Waals surface area contributed by atoms with Crippen molar-refractivity contribution in [2.24, 2.45) is 5.92 Å². The molecule has 3 heteroatoms. The molecule has 1 aromatic rings. The number of hydrogen-bond donors (Lipinski definition) is 1. The Bertz CT molecular complexity index is 347. The van der Waals surface area contributed by atoms with Crippen LogP contribution in [0.3, 0.4) is 0 Å². The van der Waals surface area contributed by atoms with Crippen molar-refractivity contribution < 1.29 is 9.90 Å². The summed E-state index contributed by atoms with van der Waals surface area (Å²) in [6, 6.07) is 5.53. The van der Waals surface area contributed by atoms with Gasteiger partial charge in [0.1, 0.15) is 0 Å². The summed E-state index contributed by atoms with van der Waals surface area (Å²) in [4.78, 5) is 10.7. The Morgan fingerprint density at radius 3 is 2.71 bits per heavy atom. The predicted octanol–water partition coefficient (Wildman–Crippen LogP) is 2.91. The quantitative estimate of drug-likeness (QED) is 0.837. The molecule has 0 saturated heterocycles. The fourth-order valence-corrected chi connectivity index (χ4v) is 1.53. The van der Waals surface area contributed by atoms with E-state index < -0.39 is 5.97 Å². The molecule has 0 heterocycles. The van der Waals surface area contributed by atoms with E-state index in [-0.39, 0.29) is 5.92 Å². The Morgan fingerprint density at radius 1 is 1.57 bits per heavy atom. The van der Waals surface area contributed by atoms with E-state index in [0.717, 1.165) is 11.1 Å². The summed E-state index contributed by atoms with van der Waals surface area (Å²) in [5.74, 6) is -1.12. The molecule has 1 aromatic carbocycles. The standard InChI is InChI=1S/C11H13ClO2/c1-7-6-10(12)4-3-9(7)5-8(2)11(13)14/h3-4,6,8H,5H2,1-2H3,(H,13,14)/t8-/m1/s1. The van der Waals surface area contributed by atoms with E-state index in [0.29, 0.717) is 11.4 Å². The van der Waals surface area contributed by atoms with Crippen molar-refractivity contribution in [2.75, 3.05) is 0 Å². The number of halogens is 1. The lowest BCUT2D eigenvalue weighted by Crippen LogP contribution is -2.12. The van der Waals surface area contributed by atoms with E-state index in [2.05, 4.69) is 0 Å². The van der Waals surface area contributed by atoms with Crippen LogP contribution in [0.2, 0.25) is 5.02 Å². The van der Waals surface area contributed by atoms with Gasteiger partial charge in [-0.05, 0) is 36.6 Å². The lowest BCUT2D eigenvalue weighted by Gasteiger charge is -2.09.